The maximum atomic E-state index is 4.32. The number of aliphatic imine (C=N–C) groups is 1. The van der Waals surface area contributed by atoms with Gasteiger partial charge in [0.25, 0.3) is 0 Å². The second kappa shape index (κ2) is 16.1. The van der Waals surface area contributed by atoms with E-state index in [1.165, 1.54) is 58.2 Å². The summed E-state index contributed by atoms with van der Waals surface area (Å²) in [5.74, 6) is 0.949. The molecule has 1 unspecified atom stereocenters. The van der Waals surface area contributed by atoms with Gasteiger partial charge in [0.05, 0.1) is 0 Å². The molecule has 0 spiro atoms. The Bertz CT molecular complexity index is 334. The van der Waals surface area contributed by atoms with Crippen molar-refractivity contribution in [1.29, 1.82) is 0 Å². The summed E-state index contributed by atoms with van der Waals surface area (Å²) in [6.07, 6.45) is 7.77. The third kappa shape index (κ3) is 11.3. The van der Waals surface area contributed by atoms with Crippen LogP contribution in [0.4, 0.5) is 0 Å². The Morgan fingerprint density at radius 2 is 1.76 bits per heavy atom. The smallest absolute Gasteiger partial charge is 0.190 e. The fourth-order valence-corrected chi connectivity index (χ4v) is 3.41. The molecule has 0 aromatic heterocycles. The van der Waals surface area contributed by atoms with Crippen molar-refractivity contribution in [2.24, 2.45) is 4.99 Å². The number of piperidine rings is 1. The lowest BCUT2D eigenvalue weighted by Crippen LogP contribution is -2.41. The molecule has 1 heterocycles. The average Bonchev–Trinajstić information content (AvgIpc) is 2.61. The van der Waals surface area contributed by atoms with Gasteiger partial charge in [-0.15, -0.1) is 24.0 Å². The quantitative estimate of drug-likeness (QED) is 0.212. The Balaban J connectivity index is 0.00000576. The van der Waals surface area contributed by atoms with Gasteiger partial charge in [-0.25, -0.2) is 0 Å². The minimum Gasteiger partial charge on any atom is -0.356 e. The fourth-order valence-electron chi connectivity index (χ4n) is 3.41. The Hall–Kier alpha value is -0.0800. The highest BCUT2D eigenvalue weighted by Gasteiger charge is 2.16. The fraction of sp³-hybridized carbons (Fsp3) is 0.947. The number of unbranched alkanes of at least 4 members (excludes halogenated alkanes) is 1. The zero-order chi connectivity index (χ0) is 17.6. The molecule has 0 aliphatic carbocycles. The van der Waals surface area contributed by atoms with Gasteiger partial charge in [0.15, 0.2) is 5.96 Å². The average molecular weight is 467 g/mol. The van der Waals surface area contributed by atoms with E-state index in [1.54, 1.807) is 0 Å². The number of hydrogen-bond acceptors (Lipinski definition) is 3. The highest BCUT2D eigenvalue weighted by Crippen LogP contribution is 2.15. The molecular formula is C19H42IN5. The molecule has 25 heavy (non-hydrogen) atoms. The van der Waals surface area contributed by atoms with Crippen LogP contribution in [-0.4, -0.2) is 74.7 Å². The minimum atomic E-state index is 0. The van der Waals surface area contributed by atoms with E-state index in [2.05, 4.69) is 46.2 Å². The summed E-state index contributed by atoms with van der Waals surface area (Å²) in [6, 6.07) is 0.766. The van der Waals surface area contributed by atoms with E-state index in [0.29, 0.717) is 0 Å². The standard InChI is InChI=1S/C19H41N5.HI/c1-5-23(6-2)15-10-8-13-21-19(20-4)22-14-11-17-24-16-9-7-12-18(24)3;/h18H,5-17H2,1-4H3,(H2,20,21,22);1H. The first-order chi connectivity index (χ1) is 11.7. The summed E-state index contributed by atoms with van der Waals surface area (Å²) >= 11 is 0. The third-order valence-corrected chi connectivity index (χ3v) is 5.17. The molecule has 5 nitrogen and oxygen atoms in total. The van der Waals surface area contributed by atoms with Gasteiger partial charge in [-0.1, -0.05) is 20.3 Å². The lowest BCUT2D eigenvalue weighted by atomic mass is 10.0. The first-order valence-electron chi connectivity index (χ1n) is 10.1. The minimum absolute atomic E-state index is 0. The van der Waals surface area contributed by atoms with Gasteiger partial charge in [0.2, 0.25) is 0 Å². The Kier molecular flexibility index (Phi) is 16.1. The van der Waals surface area contributed by atoms with Crippen molar-refractivity contribution in [2.45, 2.75) is 65.3 Å². The van der Waals surface area contributed by atoms with E-state index in [0.717, 1.165) is 38.2 Å². The van der Waals surface area contributed by atoms with E-state index in [4.69, 9.17) is 0 Å². The maximum Gasteiger partial charge on any atom is 0.190 e. The largest absolute Gasteiger partial charge is 0.356 e. The van der Waals surface area contributed by atoms with Crippen LogP contribution in [0.3, 0.4) is 0 Å². The van der Waals surface area contributed by atoms with Gasteiger partial charge >= 0.3 is 0 Å². The summed E-state index contributed by atoms with van der Waals surface area (Å²) in [7, 11) is 1.86. The van der Waals surface area contributed by atoms with Crippen molar-refractivity contribution in [3.63, 3.8) is 0 Å². The van der Waals surface area contributed by atoms with Gasteiger partial charge in [-0.05, 0) is 65.2 Å². The predicted molar refractivity (Wildman–Crippen MR) is 121 cm³/mol. The number of nitrogens with one attached hydrogen (secondary N) is 2. The first kappa shape index (κ1) is 24.9. The third-order valence-electron chi connectivity index (χ3n) is 5.17. The van der Waals surface area contributed by atoms with Crippen LogP contribution in [0.25, 0.3) is 0 Å². The summed E-state index contributed by atoms with van der Waals surface area (Å²) in [4.78, 5) is 9.44. The van der Waals surface area contributed by atoms with Crippen LogP contribution in [-0.2, 0) is 0 Å². The van der Waals surface area contributed by atoms with Gasteiger partial charge in [-0.3, -0.25) is 4.99 Å². The van der Waals surface area contributed by atoms with E-state index in [9.17, 15) is 0 Å². The van der Waals surface area contributed by atoms with Crippen molar-refractivity contribution < 1.29 is 0 Å². The number of hydrogen-bond donors (Lipinski definition) is 2. The van der Waals surface area contributed by atoms with Crippen LogP contribution in [0.2, 0.25) is 0 Å². The monoisotopic (exact) mass is 467 g/mol. The molecule has 2 N–H and O–H groups in total. The van der Waals surface area contributed by atoms with Gasteiger partial charge < -0.3 is 20.4 Å². The molecule has 1 atom stereocenters. The molecule has 1 rings (SSSR count). The van der Waals surface area contributed by atoms with Crippen molar-refractivity contribution in [3.8, 4) is 0 Å². The first-order valence-corrected chi connectivity index (χ1v) is 10.1. The van der Waals surface area contributed by atoms with E-state index in [-0.39, 0.29) is 24.0 Å². The summed E-state index contributed by atoms with van der Waals surface area (Å²) < 4.78 is 0. The second-order valence-corrected chi connectivity index (χ2v) is 6.89. The Labute approximate surface area is 173 Å². The molecule has 150 valence electrons. The number of nitrogens with zero attached hydrogens (tertiary/aromatic N) is 3. The van der Waals surface area contributed by atoms with Crippen LogP contribution < -0.4 is 10.6 Å². The lowest BCUT2D eigenvalue weighted by Gasteiger charge is -2.33. The molecule has 1 aliphatic heterocycles. The number of halogens is 1. The zero-order valence-corrected chi connectivity index (χ0v) is 19.3. The molecule has 1 saturated heterocycles. The Morgan fingerprint density at radius 1 is 1.08 bits per heavy atom. The van der Waals surface area contributed by atoms with Crippen molar-refractivity contribution in [1.82, 2.24) is 20.4 Å². The second-order valence-electron chi connectivity index (χ2n) is 6.89. The number of guanidine groups is 1. The van der Waals surface area contributed by atoms with Crippen molar-refractivity contribution in [2.75, 3.05) is 52.9 Å². The zero-order valence-electron chi connectivity index (χ0n) is 17.0. The molecule has 0 radical (unpaired) electrons. The Morgan fingerprint density at radius 3 is 2.36 bits per heavy atom. The van der Waals surface area contributed by atoms with Gasteiger partial charge in [0.1, 0.15) is 0 Å². The molecule has 0 aromatic carbocycles. The van der Waals surface area contributed by atoms with Crippen LogP contribution in [0.5, 0.6) is 0 Å². The highest BCUT2D eigenvalue weighted by atomic mass is 127. The lowest BCUT2D eigenvalue weighted by molar-refractivity contribution is 0.159. The van der Waals surface area contributed by atoms with Crippen LogP contribution in [0, 0.1) is 0 Å². The van der Waals surface area contributed by atoms with Crippen LogP contribution in [0.1, 0.15) is 59.3 Å². The van der Waals surface area contributed by atoms with Crippen LogP contribution in [0.15, 0.2) is 4.99 Å². The number of likely N-dealkylation sites (tertiary alicyclic amines) is 1. The summed E-state index contributed by atoms with van der Waals surface area (Å²) in [5.41, 5.74) is 0. The molecule has 1 aliphatic rings. The molecule has 1 fully saturated rings. The SMILES string of the molecule is CCN(CC)CCCCNC(=NC)NCCCN1CCCCC1C.I. The predicted octanol–water partition coefficient (Wildman–Crippen LogP) is 3.16. The summed E-state index contributed by atoms with van der Waals surface area (Å²) in [6.45, 7) is 14.8. The molecule has 0 aromatic rings. The van der Waals surface area contributed by atoms with Gasteiger partial charge in [-0.2, -0.15) is 0 Å². The topological polar surface area (TPSA) is 42.9 Å². The molecular weight excluding hydrogens is 425 g/mol. The molecule has 0 amide bonds. The van der Waals surface area contributed by atoms with E-state index >= 15 is 0 Å². The van der Waals surface area contributed by atoms with E-state index in [1.807, 2.05) is 7.05 Å². The van der Waals surface area contributed by atoms with E-state index < -0.39 is 0 Å². The van der Waals surface area contributed by atoms with Crippen molar-refractivity contribution >= 4 is 29.9 Å². The van der Waals surface area contributed by atoms with Gasteiger partial charge in [0, 0.05) is 32.7 Å². The molecule has 0 bridgehead atoms. The molecule has 0 saturated carbocycles. The van der Waals surface area contributed by atoms with Crippen molar-refractivity contribution in [3.05, 3.63) is 0 Å². The highest BCUT2D eigenvalue weighted by molar-refractivity contribution is 14.0. The number of rotatable bonds is 11. The summed E-state index contributed by atoms with van der Waals surface area (Å²) in [5, 5.41) is 6.88. The molecule has 6 heteroatoms. The normalized spacial score (nSPS) is 18.9. The maximum absolute atomic E-state index is 4.32. The van der Waals surface area contributed by atoms with Crippen LogP contribution >= 0.6 is 24.0 Å².